The molecule has 0 saturated heterocycles. The zero-order valence-corrected chi connectivity index (χ0v) is 10.9. The van der Waals surface area contributed by atoms with Crippen LogP contribution in [0.4, 0.5) is 4.79 Å². The van der Waals surface area contributed by atoms with Crippen LogP contribution in [0.3, 0.4) is 0 Å². The SMILES string of the molecule is CC(C)CCNC(=O)N(C)Cc1ccccc1. The third-order valence-corrected chi connectivity index (χ3v) is 2.61. The van der Waals surface area contributed by atoms with Gasteiger partial charge in [-0.2, -0.15) is 0 Å². The largest absolute Gasteiger partial charge is 0.338 e. The van der Waals surface area contributed by atoms with E-state index < -0.39 is 0 Å². The first kappa shape index (κ1) is 13.6. The highest BCUT2D eigenvalue weighted by atomic mass is 16.2. The first-order chi connectivity index (χ1) is 8.09. The molecule has 0 aromatic heterocycles. The molecule has 0 aliphatic carbocycles. The molecular weight excluding hydrogens is 212 g/mol. The summed E-state index contributed by atoms with van der Waals surface area (Å²) in [5.74, 6) is 0.620. The number of rotatable bonds is 5. The van der Waals surface area contributed by atoms with Gasteiger partial charge < -0.3 is 10.2 Å². The number of nitrogens with zero attached hydrogens (tertiary/aromatic N) is 1. The van der Waals surface area contributed by atoms with Gasteiger partial charge in [-0.25, -0.2) is 4.79 Å². The molecule has 0 aliphatic rings. The van der Waals surface area contributed by atoms with Gasteiger partial charge in [0.25, 0.3) is 0 Å². The Morgan fingerprint density at radius 3 is 2.53 bits per heavy atom. The van der Waals surface area contributed by atoms with Gasteiger partial charge in [-0.3, -0.25) is 0 Å². The number of benzene rings is 1. The third-order valence-electron chi connectivity index (χ3n) is 2.61. The molecule has 1 N–H and O–H groups in total. The standard InChI is InChI=1S/C14H22N2O/c1-12(2)9-10-15-14(17)16(3)11-13-7-5-4-6-8-13/h4-8,12H,9-11H2,1-3H3,(H,15,17). The van der Waals surface area contributed by atoms with E-state index in [1.807, 2.05) is 37.4 Å². The fourth-order valence-corrected chi connectivity index (χ4v) is 1.53. The summed E-state index contributed by atoms with van der Waals surface area (Å²) in [6.07, 6.45) is 1.02. The lowest BCUT2D eigenvalue weighted by atomic mass is 10.1. The molecule has 1 aromatic rings. The van der Waals surface area contributed by atoms with Crippen molar-refractivity contribution >= 4 is 6.03 Å². The highest BCUT2D eigenvalue weighted by Crippen LogP contribution is 2.03. The van der Waals surface area contributed by atoms with Crippen LogP contribution >= 0.6 is 0 Å². The first-order valence-corrected chi connectivity index (χ1v) is 6.12. The lowest BCUT2D eigenvalue weighted by Crippen LogP contribution is -2.37. The van der Waals surface area contributed by atoms with Gasteiger partial charge in [0.05, 0.1) is 0 Å². The molecule has 0 heterocycles. The molecule has 3 nitrogen and oxygen atoms in total. The van der Waals surface area contributed by atoms with Crippen LogP contribution in [0.5, 0.6) is 0 Å². The topological polar surface area (TPSA) is 32.3 Å². The maximum Gasteiger partial charge on any atom is 0.317 e. The Hall–Kier alpha value is -1.51. The summed E-state index contributed by atoms with van der Waals surface area (Å²) in [7, 11) is 1.82. The fourth-order valence-electron chi connectivity index (χ4n) is 1.53. The van der Waals surface area contributed by atoms with Gasteiger partial charge in [-0.05, 0) is 17.9 Å². The van der Waals surface area contributed by atoms with Gasteiger partial charge in [-0.15, -0.1) is 0 Å². The molecule has 0 spiro atoms. The molecule has 0 saturated carbocycles. The molecule has 0 aliphatic heterocycles. The van der Waals surface area contributed by atoms with Crippen LogP contribution < -0.4 is 5.32 Å². The number of nitrogens with one attached hydrogen (secondary N) is 1. The predicted molar refractivity (Wildman–Crippen MR) is 70.8 cm³/mol. The van der Waals surface area contributed by atoms with Crippen molar-refractivity contribution in [2.45, 2.75) is 26.8 Å². The van der Waals surface area contributed by atoms with Crippen molar-refractivity contribution in [3.8, 4) is 0 Å². The van der Waals surface area contributed by atoms with E-state index in [1.165, 1.54) is 0 Å². The summed E-state index contributed by atoms with van der Waals surface area (Å²) in [5.41, 5.74) is 1.15. The van der Waals surface area contributed by atoms with Crippen molar-refractivity contribution in [3.63, 3.8) is 0 Å². The van der Waals surface area contributed by atoms with E-state index in [0.29, 0.717) is 12.5 Å². The Balaban J connectivity index is 2.32. The number of hydrogen-bond donors (Lipinski definition) is 1. The molecule has 0 radical (unpaired) electrons. The van der Waals surface area contributed by atoms with Gasteiger partial charge in [0.15, 0.2) is 0 Å². The number of carbonyl (C=O) groups excluding carboxylic acids is 1. The first-order valence-electron chi connectivity index (χ1n) is 6.12. The van der Waals surface area contributed by atoms with E-state index in [-0.39, 0.29) is 6.03 Å². The number of urea groups is 1. The zero-order valence-electron chi connectivity index (χ0n) is 10.9. The maximum absolute atomic E-state index is 11.7. The van der Waals surface area contributed by atoms with Crippen LogP contribution in [-0.4, -0.2) is 24.5 Å². The van der Waals surface area contributed by atoms with Crippen molar-refractivity contribution in [2.75, 3.05) is 13.6 Å². The van der Waals surface area contributed by atoms with Gasteiger partial charge in [0, 0.05) is 20.1 Å². The van der Waals surface area contributed by atoms with Crippen molar-refractivity contribution in [3.05, 3.63) is 35.9 Å². The number of carbonyl (C=O) groups is 1. The minimum absolute atomic E-state index is 0.00509. The highest BCUT2D eigenvalue weighted by Gasteiger charge is 2.07. The summed E-state index contributed by atoms with van der Waals surface area (Å²) in [6, 6.07) is 10.00. The van der Waals surface area contributed by atoms with Crippen molar-refractivity contribution < 1.29 is 4.79 Å². The molecule has 0 atom stereocenters. The lowest BCUT2D eigenvalue weighted by molar-refractivity contribution is 0.206. The summed E-state index contributed by atoms with van der Waals surface area (Å²) >= 11 is 0. The lowest BCUT2D eigenvalue weighted by Gasteiger charge is -2.18. The second-order valence-electron chi connectivity index (χ2n) is 4.76. The van der Waals surface area contributed by atoms with Crippen molar-refractivity contribution in [1.82, 2.24) is 10.2 Å². The van der Waals surface area contributed by atoms with E-state index in [2.05, 4.69) is 19.2 Å². The Morgan fingerprint density at radius 1 is 1.29 bits per heavy atom. The Bertz CT molecular complexity index is 335. The molecule has 94 valence electrons. The van der Waals surface area contributed by atoms with Crippen LogP contribution in [0.25, 0.3) is 0 Å². The summed E-state index contributed by atoms with van der Waals surface area (Å²) in [4.78, 5) is 13.4. The molecule has 1 aromatic carbocycles. The highest BCUT2D eigenvalue weighted by molar-refractivity contribution is 5.73. The van der Waals surface area contributed by atoms with Gasteiger partial charge >= 0.3 is 6.03 Å². The molecule has 0 unspecified atom stereocenters. The summed E-state index contributed by atoms with van der Waals surface area (Å²) in [6.45, 7) is 5.70. The predicted octanol–water partition coefficient (Wildman–Crippen LogP) is 2.87. The van der Waals surface area contributed by atoms with E-state index in [1.54, 1.807) is 4.90 Å². The van der Waals surface area contributed by atoms with Crippen LogP contribution in [0.2, 0.25) is 0 Å². The van der Waals surface area contributed by atoms with Crippen LogP contribution in [0.15, 0.2) is 30.3 Å². The van der Waals surface area contributed by atoms with Crippen molar-refractivity contribution in [2.24, 2.45) is 5.92 Å². The number of hydrogen-bond acceptors (Lipinski definition) is 1. The average Bonchev–Trinajstić information content (AvgIpc) is 2.29. The van der Waals surface area contributed by atoms with Gasteiger partial charge in [-0.1, -0.05) is 44.2 Å². The van der Waals surface area contributed by atoms with Crippen LogP contribution in [0, 0.1) is 5.92 Å². The van der Waals surface area contributed by atoms with Gasteiger partial charge in [0.1, 0.15) is 0 Å². The number of amides is 2. The third kappa shape index (κ3) is 5.38. The minimum atomic E-state index is -0.00509. The summed E-state index contributed by atoms with van der Waals surface area (Å²) in [5, 5.41) is 2.92. The Labute approximate surface area is 104 Å². The summed E-state index contributed by atoms with van der Waals surface area (Å²) < 4.78 is 0. The smallest absolute Gasteiger partial charge is 0.317 e. The van der Waals surface area contributed by atoms with Crippen molar-refractivity contribution in [1.29, 1.82) is 0 Å². The molecule has 0 bridgehead atoms. The second-order valence-corrected chi connectivity index (χ2v) is 4.76. The van der Waals surface area contributed by atoms with Crippen LogP contribution in [-0.2, 0) is 6.54 Å². The van der Waals surface area contributed by atoms with E-state index >= 15 is 0 Å². The van der Waals surface area contributed by atoms with E-state index in [0.717, 1.165) is 18.5 Å². The molecule has 0 fully saturated rings. The van der Waals surface area contributed by atoms with Crippen LogP contribution in [0.1, 0.15) is 25.8 Å². The normalized spacial score (nSPS) is 10.4. The molecular formula is C14H22N2O. The van der Waals surface area contributed by atoms with E-state index in [4.69, 9.17) is 0 Å². The van der Waals surface area contributed by atoms with E-state index in [9.17, 15) is 4.79 Å². The monoisotopic (exact) mass is 234 g/mol. The van der Waals surface area contributed by atoms with Gasteiger partial charge in [0.2, 0.25) is 0 Å². The zero-order chi connectivity index (χ0) is 12.7. The fraction of sp³-hybridized carbons (Fsp3) is 0.500. The molecule has 2 amide bonds. The molecule has 1 rings (SSSR count). The Kier molecular flexibility index (Phi) is 5.53. The molecule has 3 heteroatoms. The minimum Gasteiger partial charge on any atom is -0.338 e. The quantitative estimate of drug-likeness (QED) is 0.834. The maximum atomic E-state index is 11.7. The molecule has 17 heavy (non-hydrogen) atoms. The Morgan fingerprint density at radius 2 is 1.94 bits per heavy atom. The second kappa shape index (κ2) is 6.94. The average molecular weight is 234 g/mol.